The number of thioether (sulfide) groups is 1. The zero-order valence-electron chi connectivity index (χ0n) is 16.2. The molecule has 0 saturated carbocycles. The van der Waals surface area contributed by atoms with Crippen molar-refractivity contribution in [3.63, 3.8) is 0 Å². The summed E-state index contributed by atoms with van der Waals surface area (Å²) in [6.45, 7) is 1.43. The molecule has 0 unspecified atom stereocenters. The Bertz CT molecular complexity index is 999. The molecule has 1 heterocycles. The molecule has 29 heavy (non-hydrogen) atoms. The Morgan fingerprint density at radius 2 is 1.93 bits per heavy atom. The van der Waals surface area contributed by atoms with Gasteiger partial charge in [-0.15, -0.1) is 0 Å². The zero-order valence-corrected chi connectivity index (χ0v) is 17.0. The minimum absolute atomic E-state index is 0.155. The maximum Gasteiger partial charge on any atom is 0.266 e. The van der Waals surface area contributed by atoms with E-state index in [0.29, 0.717) is 21.4 Å². The van der Waals surface area contributed by atoms with Crippen LogP contribution in [0.3, 0.4) is 0 Å². The molecule has 1 aliphatic heterocycles. The standard InChI is InChI=1S/C21H20N2O5S/c1-13-4-7-15(8-5-13)22-21-23(2)20(26)18(29-21)11-14-6-9-16(17(10-14)27-3)28-12-19(24)25/h4-11H,12H2,1-3H3,(H,24,25)/p-1/b18-11+,22-21?. The van der Waals surface area contributed by atoms with E-state index in [1.807, 2.05) is 31.2 Å². The minimum atomic E-state index is -1.32. The van der Waals surface area contributed by atoms with Crippen LogP contribution in [-0.2, 0) is 9.59 Å². The van der Waals surface area contributed by atoms with Crippen molar-refractivity contribution < 1.29 is 24.2 Å². The molecule has 2 aromatic carbocycles. The Morgan fingerprint density at radius 3 is 2.59 bits per heavy atom. The lowest BCUT2D eigenvalue weighted by Gasteiger charge is -2.11. The molecule has 1 amide bonds. The minimum Gasteiger partial charge on any atom is -0.546 e. The number of carboxylic acids is 1. The lowest BCUT2D eigenvalue weighted by atomic mass is 10.2. The summed E-state index contributed by atoms with van der Waals surface area (Å²) in [4.78, 5) is 29.7. The van der Waals surface area contributed by atoms with Crippen molar-refractivity contribution >= 4 is 40.6 Å². The van der Waals surface area contributed by atoms with Crippen molar-refractivity contribution in [3.05, 3.63) is 58.5 Å². The smallest absolute Gasteiger partial charge is 0.266 e. The van der Waals surface area contributed by atoms with E-state index in [-0.39, 0.29) is 11.7 Å². The summed E-state index contributed by atoms with van der Waals surface area (Å²) >= 11 is 1.28. The fourth-order valence-electron chi connectivity index (χ4n) is 2.56. The third-order valence-corrected chi connectivity index (χ3v) is 5.15. The average molecular weight is 411 g/mol. The van der Waals surface area contributed by atoms with Gasteiger partial charge in [-0.2, -0.15) is 0 Å². The van der Waals surface area contributed by atoms with Gasteiger partial charge < -0.3 is 19.4 Å². The second kappa shape index (κ2) is 8.83. The number of hydrogen-bond donors (Lipinski definition) is 0. The third-order valence-electron chi connectivity index (χ3n) is 4.09. The van der Waals surface area contributed by atoms with E-state index >= 15 is 0 Å². The van der Waals surface area contributed by atoms with Crippen LogP contribution in [0, 0.1) is 6.92 Å². The number of carboxylic acid groups (broad SMARTS) is 1. The molecule has 3 rings (SSSR count). The molecule has 2 aromatic rings. The number of amidine groups is 1. The van der Waals surface area contributed by atoms with Crippen molar-refractivity contribution in [2.45, 2.75) is 6.92 Å². The first kappa shape index (κ1) is 20.5. The largest absolute Gasteiger partial charge is 0.546 e. The number of ether oxygens (including phenoxy) is 2. The number of benzene rings is 2. The second-order valence-electron chi connectivity index (χ2n) is 6.28. The fraction of sp³-hybridized carbons (Fsp3) is 0.190. The van der Waals surface area contributed by atoms with E-state index in [1.54, 1.807) is 31.3 Å². The van der Waals surface area contributed by atoms with E-state index in [0.717, 1.165) is 11.3 Å². The monoisotopic (exact) mass is 411 g/mol. The SMILES string of the molecule is COc1cc(/C=C2/SC(=Nc3ccc(C)cc3)N(C)C2=O)ccc1OCC(=O)[O-]. The van der Waals surface area contributed by atoms with Crippen molar-refractivity contribution in [1.29, 1.82) is 0 Å². The molecule has 1 fully saturated rings. The van der Waals surface area contributed by atoms with Gasteiger partial charge in [0.25, 0.3) is 5.91 Å². The van der Waals surface area contributed by atoms with Crippen LogP contribution >= 0.6 is 11.8 Å². The number of hydrogen-bond acceptors (Lipinski definition) is 7. The molecule has 8 heteroatoms. The van der Waals surface area contributed by atoms with Crippen LogP contribution in [0.15, 0.2) is 52.4 Å². The molecule has 0 aliphatic carbocycles. The molecule has 150 valence electrons. The molecular weight excluding hydrogens is 392 g/mol. The number of aliphatic imine (C=N–C) groups is 1. The number of nitrogens with zero attached hydrogens (tertiary/aromatic N) is 2. The molecule has 0 N–H and O–H groups in total. The quantitative estimate of drug-likeness (QED) is 0.678. The summed E-state index contributed by atoms with van der Waals surface area (Å²) in [5.41, 5.74) is 2.62. The Balaban J connectivity index is 1.83. The molecule has 1 aliphatic rings. The van der Waals surface area contributed by atoms with Crippen LogP contribution in [0.1, 0.15) is 11.1 Å². The highest BCUT2D eigenvalue weighted by Crippen LogP contribution is 2.35. The van der Waals surface area contributed by atoms with Gasteiger partial charge in [-0.1, -0.05) is 23.8 Å². The molecule has 0 radical (unpaired) electrons. The molecule has 7 nitrogen and oxygen atoms in total. The van der Waals surface area contributed by atoms with E-state index in [4.69, 9.17) is 9.47 Å². The van der Waals surface area contributed by atoms with Gasteiger partial charge >= 0.3 is 0 Å². The normalized spacial score (nSPS) is 16.5. The third kappa shape index (κ3) is 4.97. The van der Waals surface area contributed by atoms with Gasteiger partial charge in [-0.25, -0.2) is 4.99 Å². The Kier molecular flexibility index (Phi) is 6.23. The molecule has 0 aromatic heterocycles. The number of methoxy groups -OCH3 is 1. The number of carbonyl (C=O) groups is 2. The van der Waals surface area contributed by atoms with Crippen LogP contribution < -0.4 is 14.6 Å². The number of rotatable bonds is 6. The first-order chi connectivity index (χ1) is 13.9. The van der Waals surface area contributed by atoms with Crippen LogP contribution in [0.25, 0.3) is 6.08 Å². The summed E-state index contributed by atoms with van der Waals surface area (Å²) in [5.74, 6) is -0.840. The highest BCUT2D eigenvalue weighted by molar-refractivity contribution is 8.18. The van der Waals surface area contributed by atoms with Crippen LogP contribution in [-0.4, -0.2) is 42.7 Å². The van der Waals surface area contributed by atoms with Gasteiger partial charge in [0.1, 0.15) is 6.61 Å². The van der Waals surface area contributed by atoms with Gasteiger partial charge in [0, 0.05) is 7.05 Å². The van der Waals surface area contributed by atoms with Gasteiger partial charge in [-0.05, 0) is 54.6 Å². The average Bonchev–Trinajstić information content (AvgIpc) is 2.96. The predicted molar refractivity (Wildman–Crippen MR) is 110 cm³/mol. The van der Waals surface area contributed by atoms with E-state index < -0.39 is 12.6 Å². The first-order valence-electron chi connectivity index (χ1n) is 8.71. The summed E-state index contributed by atoms with van der Waals surface area (Å²) in [6, 6.07) is 12.7. The highest BCUT2D eigenvalue weighted by atomic mass is 32.2. The fourth-order valence-corrected chi connectivity index (χ4v) is 3.55. The lowest BCUT2D eigenvalue weighted by Crippen LogP contribution is -2.29. The van der Waals surface area contributed by atoms with Crippen molar-refractivity contribution in [3.8, 4) is 11.5 Å². The highest BCUT2D eigenvalue weighted by Gasteiger charge is 2.30. The van der Waals surface area contributed by atoms with Crippen molar-refractivity contribution in [1.82, 2.24) is 4.90 Å². The van der Waals surface area contributed by atoms with Crippen LogP contribution in [0.2, 0.25) is 0 Å². The van der Waals surface area contributed by atoms with Crippen LogP contribution in [0.5, 0.6) is 11.5 Å². The number of carbonyl (C=O) groups excluding carboxylic acids is 2. The van der Waals surface area contributed by atoms with Gasteiger partial charge in [0.05, 0.1) is 23.7 Å². The van der Waals surface area contributed by atoms with E-state index in [2.05, 4.69) is 4.99 Å². The Hall–Kier alpha value is -3.26. The predicted octanol–water partition coefficient (Wildman–Crippen LogP) is 2.37. The molecular formula is C21H19N2O5S-. The number of likely N-dealkylation sites (N-methyl/N-ethyl adjacent to an activating group) is 1. The van der Waals surface area contributed by atoms with E-state index in [9.17, 15) is 14.7 Å². The zero-order chi connectivity index (χ0) is 21.0. The van der Waals surface area contributed by atoms with Crippen LogP contribution in [0.4, 0.5) is 5.69 Å². The van der Waals surface area contributed by atoms with E-state index in [1.165, 1.54) is 23.8 Å². The Labute approximate surface area is 172 Å². The Morgan fingerprint density at radius 1 is 1.21 bits per heavy atom. The second-order valence-corrected chi connectivity index (χ2v) is 7.28. The number of aryl methyl sites for hydroxylation is 1. The molecule has 1 saturated heterocycles. The van der Waals surface area contributed by atoms with Crippen molar-refractivity contribution in [2.24, 2.45) is 4.99 Å². The number of aliphatic carboxylic acids is 1. The summed E-state index contributed by atoms with van der Waals surface area (Å²) in [6.07, 6.45) is 1.73. The summed E-state index contributed by atoms with van der Waals surface area (Å²) in [5, 5.41) is 11.2. The summed E-state index contributed by atoms with van der Waals surface area (Å²) < 4.78 is 10.4. The summed E-state index contributed by atoms with van der Waals surface area (Å²) in [7, 11) is 3.13. The molecule has 0 bridgehead atoms. The topological polar surface area (TPSA) is 91.3 Å². The maximum atomic E-state index is 12.6. The van der Waals surface area contributed by atoms with Crippen molar-refractivity contribution in [2.75, 3.05) is 20.8 Å². The first-order valence-corrected chi connectivity index (χ1v) is 9.52. The molecule has 0 atom stereocenters. The maximum absolute atomic E-state index is 12.6. The molecule has 0 spiro atoms. The van der Waals surface area contributed by atoms with Gasteiger partial charge in [-0.3, -0.25) is 9.69 Å². The lowest BCUT2D eigenvalue weighted by molar-refractivity contribution is -0.307. The van der Waals surface area contributed by atoms with Gasteiger partial charge in [0.2, 0.25) is 0 Å². The van der Waals surface area contributed by atoms with Gasteiger partial charge in [0.15, 0.2) is 16.7 Å². The number of amides is 1.